The Labute approximate surface area is 118 Å². The maximum absolute atomic E-state index is 11.4. The van der Waals surface area contributed by atoms with Crippen LogP contribution >= 0.6 is 0 Å². The summed E-state index contributed by atoms with van der Waals surface area (Å²) < 4.78 is 25.1. The van der Waals surface area contributed by atoms with E-state index in [1.165, 1.54) is 0 Å². The molecule has 0 unspecified atom stereocenters. The molecule has 0 spiro atoms. The highest BCUT2D eigenvalue weighted by molar-refractivity contribution is 7.92. The largest absolute Gasteiger partial charge is 0.339 e. The van der Waals surface area contributed by atoms with E-state index in [9.17, 15) is 8.42 Å². The summed E-state index contributed by atoms with van der Waals surface area (Å²) in [5, 5.41) is 10.9. The van der Waals surface area contributed by atoms with E-state index in [0.717, 1.165) is 11.3 Å². The Morgan fingerprint density at radius 3 is 2.40 bits per heavy atom. The van der Waals surface area contributed by atoms with Gasteiger partial charge in [0.25, 0.3) is 0 Å². The van der Waals surface area contributed by atoms with Gasteiger partial charge in [-0.2, -0.15) is 0 Å². The molecular weight excluding hydrogens is 276 g/mol. The molecule has 1 heterocycles. The van der Waals surface area contributed by atoms with Crippen molar-refractivity contribution in [3.05, 3.63) is 42.0 Å². The lowest BCUT2D eigenvalue weighted by atomic mass is 10.2. The molecular formula is C13H16N4O2S. The Morgan fingerprint density at radius 2 is 1.80 bits per heavy atom. The van der Waals surface area contributed by atoms with Crippen LogP contribution in [0.5, 0.6) is 0 Å². The molecule has 106 valence electrons. The maximum atomic E-state index is 11.4. The van der Waals surface area contributed by atoms with Crippen LogP contribution in [0.15, 0.2) is 36.4 Å². The van der Waals surface area contributed by atoms with Crippen molar-refractivity contribution in [2.75, 3.05) is 15.8 Å². The summed E-state index contributed by atoms with van der Waals surface area (Å²) in [7, 11) is -3.32. The van der Waals surface area contributed by atoms with Gasteiger partial charge in [0.1, 0.15) is 0 Å². The first kappa shape index (κ1) is 14.3. The minimum absolute atomic E-state index is 0.00201. The van der Waals surface area contributed by atoms with Gasteiger partial charge in [0, 0.05) is 5.69 Å². The van der Waals surface area contributed by atoms with Gasteiger partial charge in [-0.05, 0) is 43.7 Å². The summed E-state index contributed by atoms with van der Waals surface area (Å²) in [6, 6.07) is 11.1. The first-order valence-corrected chi connectivity index (χ1v) is 7.81. The van der Waals surface area contributed by atoms with Gasteiger partial charge in [0.2, 0.25) is 10.0 Å². The van der Waals surface area contributed by atoms with E-state index < -0.39 is 10.0 Å². The van der Waals surface area contributed by atoms with Gasteiger partial charge in [-0.25, -0.2) is 8.42 Å². The van der Waals surface area contributed by atoms with Crippen LogP contribution in [0.4, 0.5) is 17.3 Å². The van der Waals surface area contributed by atoms with Crippen molar-refractivity contribution in [2.24, 2.45) is 0 Å². The lowest BCUT2D eigenvalue weighted by molar-refractivity contribution is 0.602. The molecule has 0 radical (unpaired) electrons. The van der Waals surface area contributed by atoms with Gasteiger partial charge in [-0.1, -0.05) is 12.1 Å². The second-order valence-corrected chi connectivity index (χ2v) is 6.31. The van der Waals surface area contributed by atoms with Crippen molar-refractivity contribution in [3.8, 4) is 0 Å². The molecule has 7 heteroatoms. The predicted molar refractivity (Wildman–Crippen MR) is 79.6 cm³/mol. The van der Waals surface area contributed by atoms with Crippen LogP contribution in [-0.2, 0) is 10.0 Å². The molecule has 2 N–H and O–H groups in total. The van der Waals surface area contributed by atoms with Crippen LogP contribution in [0.1, 0.15) is 12.5 Å². The average molecular weight is 292 g/mol. The van der Waals surface area contributed by atoms with Gasteiger partial charge in [-0.15, -0.1) is 10.2 Å². The SMILES string of the molecule is CCS(=O)(=O)Nc1ccc(Nc2cccc(C)c2)nn1. The number of aryl methyl sites for hydroxylation is 1. The zero-order valence-corrected chi connectivity index (χ0v) is 12.1. The Kier molecular flexibility index (Phi) is 4.19. The number of nitrogens with zero attached hydrogens (tertiary/aromatic N) is 2. The fraction of sp³-hybridized carbons (Fsp3) is 0.231. The molecule has 20 heavy (non-hydrogen) atoms. The van der Waals surface area contributed by atoms with Crippen molar-refractivity contribution in [2.45, 2.75) is 13.8 Å². The Hall–Kier alpha value is -2.15. The molecule has 0 saturated heterocycles. The Morgan fingerprint density at radius 1 is 1.10 bits per heavy atom. The highest BCUT2D eigenvalue weighted by atomic mass is 32.2. The number of anilines is 3. The highest BCUT2D eigenvalue weighted by Gasteiger charge is 2.08. The maximum Gasteiger partial charge on any atom is 0.233 e. The lowest BCUT2D eigenvalue weighted by Crippen LogP contribution is -2.15. The number of rotatable bonds is 5. The Balaban J connectivity index is 2.09. The summed E-state index contributed by atoms with van der Waals surface area (Å²) in [4.78, 5) is 0. The molecule has 0 bridgehead atoms. The molecule has 1 aromatic carbocycles. The van der Waals surface area contributed by atoms with E-state index in [1.807, 2.05) is 31.2 Å². The van der Waals surface area contributed by atoms with Crippen LogP contribution in [0, 0.1) is 6.92 Å². The quantitative estimate of drug-likeness (QED) is 0.883. The van der Waals surface area contributed by atoms with E-state index in [4.69, 9.17) is 0 Å². The molecule has 0 saturated carbocycles. The molecule has 0 amide bonds. The van der Waals surface area contributed by atoms with Crippen LogP contribution in [0.25, 0.3) is 0 Å². The molecule has 2 aromatic rings. The number of aromatic nitrogens is 2. The van der Waals surface area contributed by atoms with Gasteiger partial charge in [-0.3, -0.25) is 4.72 Å². The summed E-state index contributed by atoms with van der Waals surface area (Å²) in [6.45, 7) is 3.56. The van der Waals surface area contributed by atoms with Crippen LogP contribution < -0.4 is 10.0 Å². The van der Waals surface area contributed by atoms with Gasteiger partial charge >= 0.3 is 0 Å². The molecule has 0 atom stereocenters. The molecule has 0 fully saturated rings. The van der Waals surface area contributed by atoms with Gasteiger partial charge in [0.05, 0.1) is 5.75 Å². The van der Waals surface area contributed by atoms with Crippen molar-refractivity contribution in [1.29, 1.82) is 0 Å². The summed E-state index contributed by atoms with van der Waals surface area (Å²) in [5.41, 5.74) is 2.04. The smallest absolute Gasteiger partial charge is 0.233 e. The fourth-order valence-electron chi connectivity index (χ4n) is 1.56. The van der Waals surface area contributed by atoms with Gasteiger partial charge in [0.15, 0.2) is 11.6 Å². The first-order valence-electron chi connectivity index (χ1n) is 6.16. The number of hydrogen-bond donors (Lipinski definition) is 2. The fourth-order valence-corrected chi connectivity index (χ4v) is 2.13. The standard InChI is InChI=1S/C13H16N4O2S/c1-3-20(18,19)17-13-8-7-12(15-16-13)14-11-6-4-5-10(2)9-11/h4-9H,3H2,1-2H3,(H,14,15)(H,16,17). The third-order valence-corrected chi connectivity index (χ3v) is 3.88. The van der Waals surface area contributed by atoms with Crippen LogP contribution in [0.3, 0.4) is 0 Å². The zero-order chi connectivity index (χ0) is 14.6. The summed E-state index contributed by atoms with van der Waals surface area (Å²) >= 11 is 0. The zero-order valence-electron chi connectivity index (χ0n) is 11.3. The third-order valence-electron chi connectivity index (χ3n) is 2.60. The topological polar surface area (TPSA) is 84.0 Å². The van der Waals surface area contributed by atoms with E-state index >= 15 is 0 Å². The highest BCUT2D eigenvalue weighted by Crippen LogP contribution is 2.16. The molecule has 0 aliphatic rings. The molecule has 0 aliphatic heterocycles. The van der Waals surface area contributed by atoms with E-state index in [0.29, 0.717) is 5.82 Å². The lowest BCUT2D eigenvalue weighted by Gasteiger charge is -2.07. The predicted octanol–water partition coefficient (Wildman–Crippen LogP) is 2.29. The molecule has 1 aromatic heterocycles. The molecule has 2 rings (SSSR count). The normalized spacial score (nSPS) is 11.1. The van der Waals surface area contributed by atoms with Crippen molar-refractivity contribution in [1.82, 2.24) is 10.2 Å². The van der Waals surface area contributed by atoms with Crippen molar-refractivity contribution >= 4 is 27.3 Å². The van der Waals surface area contributed by atoms with E-state index in [2.05, 4.69) is 20.2 Å². The first-order chi connectivity index (χ1) is 9.48. The number of nitrogens with one attached hydrogen (secondary N) is 2. The van der Waals surface area contributed by atoms with Crippen molar-refractivity contribution < 1.29 is 8.42 Å². The second kappa shape index (κ2) is 5.87. The molecule has 6 nitrogen and oxygen atoms in total. The monoisotopic (exact) mass is 292 g/mol. The second-order valence-electron chi connectivity index (χ2n) is 4.30. The number of benzene rings is 1. The van der Waals surface area contributed by atoms with E-state index in [1.54, 1.807) is 19.1 Å². The average Bonchev–Trinajstić information content (AvgIpc) is 2.41. The van der Waals surface area contributed by atoms with Crippen LogP contribution in [-0.4, -0.2) is 24.4 Å². The summed E-state index contributed by atoms with van der Waals surface area (Å²) in [6.07, 6.45) is 0. The van der Waals surface area contributed by atoms with Crippen LogP contribution in [0.2, 0.25) is 0 Å². The minimum atomic E-state index is -3.32. The van der Waals surface area contributed by atoms with Crippen molar-refractivity contribution in [3.63, 3.8) is 0 Å². The van der Waals surface area contributed by atoms with Gasteiger partial charge < -0.3 is 5.32 Å². The Bertz CT molecular complexity index is 684. The third kappa shape index (κ3) is 3.92. The number of hydrogen-bond acceptors (Lipinski definition) is 5. The van der Waals surface area contributed by atoms with E-state index in [-0.39, 0.29) is 11.6 Å². The number of sulfonamides is 1. The minimum Gasteiger partial charge on any atom is -0.339 e. The molecule has 0 aliphatic carbocycles. The summed E-state index contributed by atoms with van der Waals surface area (Å²) in [5.74, 6) is 0.759.